The van der Waals surface area contributed by atoms with Gasteiger partial charge in [-0.3, -0.25) is 4.79 Å². The fraction of sp³-hybridized carbons (Fsp3) is 0.500. The number of urea groups is 1. The molecule has 0 atom stereocenters. The molecule has 1 saturated heterocycles. The van der Waals surface area contributed by atoms with E-state index >= 15 is 0 Å². The zero-order valence-electron chi connectivity index (χ0n) is 12.7. The Hall–Kier alpha value is -1.75. The number of halogens is 1. The number of piperidine rings is 1. The van der Waals surface area contributed by atoms with Gasteiger partial charge >= 0.3 is 12.0 Å². The van der Waals surface area contributed by atoms with E-state index in [4.69, 9.17) is 16.3 Å². The first kappa shape index (κ1) is 16.6. The predicted molar refractivity (Wildman–Crippen MR) is 84.6 cm³/mol. The van der Waals surface area contributed by atoms with Gasteiger partial charge in [0.15, 0.2) is 0 Å². The van der Waals surface area contributed by atoms with Crippen LogP contribution in [0.1, 0.15) is 25.3 Å². The van der Waals surface area contributed by atoms with Crippen LogP contribution in [-0.2, 0) is 16.1 Å². The van der Waals surface area contributed by atoms with Crippen molar-refractivity contribution in [2.24, 2.45) is 5.92 Å². The molecule has 0 bridgehead atoms. The van der Waals surface area contributed by atoms with E-state index in [2.05, 4.69) is 5.32 Å². The Morgan fingerprint density at radius 3 is 2.50 bits per heavy atom. The molecule has 120 valence electrons. The van der Waals surface area contributed by atoms with E-state index in [9.17, 15) is 9.59 Å². The highest BCUT2D eigenvalue weighted by Gasteiger charge is 2.27. The van der Waals surface area contributed by atoms with Crippen LogP contribution in [-0.4, -0.2) is 36.6 Å². The molecular formula is C16H21ClN2O3. The van der Waals surface area contributed by atoms with E-state index < -0.39 is 0 Å². The van der Waals surface area contributed by atoms with E-state index in [-0.39, 0.29) is 17.9 Å². The summed E-state index contributed by atoms with van der Waals surface area (Å²) in [5, 5.41) is 3.56. The number of amides is 2. The summed E-state index contributed by atoms with van der Waals surface area (Å²) in [5.41, 5.74) is 0.999. The Balaban J connectivity index is 1.75. The van der Waals surface area contributed by atoms with Gasteiger partial charge in [0.25, 0.3) is 0 Å². The number of likely N-dealkylation sites (tertiary alicyclic amines) is 1. The molecule has 1 heterocycles. The fourth-order valence-corrected chi connectivity index (χ4v) is 2.60. The molecule has 22 heavy (non-hydrogen) atoms. The van der Waals surface area contributed by atoms with Crippen molar-refractivity contribution in [3.63, 3.8) is 0 Å². The van der Waals surface area contributed by atoms with Crippen LogP contribution in [0.5, 0.6) is 0 Å². The average Bonchev–Trinajstić information content (AvgIpc) is 2.54. The van der Waals surface area contributed by atoms with Crippen LogP contribution in [0.3, 0.4) is 0 Å². The second kappa shape index (κ2) is 8.03. The Morgan fingerprint density at radius 2 is 1.91 bits per heavy atom. The van der Waals surface area contributed by atoms with Crippen molar-refractivity contribution >= 4 is 23.6 Å². The molecule has 1 aliphatic rings. The number of hydrogen-bond acceptors (Lipinski definition) is 3. The standard InChI is InChI=1S/C16H21ClN2O3/c1-2-22-15(20)13-7-9-19(10-8-13)16(21)18-11-12-3-5-14(17)6-4-12/h3-6,13H,2,7-11H2,1H3,(H,18,21). The summed E-state index contributed by atoms with van der Waals surface area (Å²) >= 11 is 5.82. The highest BCUT2D eigenvalue weighted by molar-refractivity contribution is 6.30. The normalized spacial score (nSPS) is 15.5. The minimum atomic E-state index is -0.149. The maximum absolute atomic E-state index is 12.1. The minimum Gasteiger partial charge on any atom is -0.466 e. The second-order valence-corrected chi connectivity index (χ2v) is 5.73. The second-order valence-electron chi connectivity index (χ2n) is 5.30. The summed E-state index contributed by atoms with van der Waals surface area (Å²) in [6.45, 7) is 3.83. The van der Waals surface area contributed by atoms with Crippen LogP contribution in [0, 0.1) is 5.92 Å². The van der Waals surface area contributed by atoms with Gasteiger partial charge in [0, 0.05) is 24.7 Å². The third-order valence-corrected chi connectivity index (χ3v) is 4.01. The highest BCUT2D eigenvalue weighted by atomic mass is 35.5. The third-order valence-electron chi connectivity index (χ3n) is 3.76. The topological polar surface area (TPSA) is 58.6 Å². The molecule has 0 radical (unpaired) electrons. The zero-order valence-corrected chi connectivity index (χ0v) is 13.4. The highest BCUT2D eigenvalue weighted by Crippen LogP contribution is 2.18. The summed E-state index contributed by atoms with van der Waals surface area (Å²) in [6.07, 6.45) is 1.32. The Kier molecular flexibility index (Phi) is 6.07. The summed E-state index contributed by atoms with van der Waals surface area (Å²) in [4.78, 5) is 25.5. The number of carbonyl (C=O) groups is 2. The van der Waals surface area contributed by atoms with Crippen molar-refractivity contribution in [3.05, 3.63) is 34.9 Å². The van der Waals surface area contributed by atoms with Crippen molar-refractivity contribution < 1.29 is 14.3 Å². The largest absolute Gasteiger partial charge is 0.466 e. The first-order valence-electron chi connectivity index (χ1n) is 7.54. The number of hydrogen-bond donors (Lipinski definition) is 1. The van der Waals surface area contributed by atoms with Crippen molar-refractivity contribution in [1.29, 1.82) is 0 Å². The molecule has 5 nitrogen and oxygen atoms in total. The smallest absolute Gasteiger partial charge is 0.317 e. The third kappa shape index (κ3) is 4.63. The van der Waals surface area contributed by atoms with Crippen LogP contribution in [0.2, 0.25) is 5.02 Å². The van der Waals surface area contributed by atoms with Gasteiger partial charge < -0.3 is 15.0 Å². The zero-order chi connectivity index (χ0) is 15.9. The number of benzene rings is 1. The van der Waals surface area contributed by atoms with Crippen molar-refractivity contribution in [2.45, 2.75) is 26.3 Å². The lowest BCUT2D eigenvalue weighted by molar-refractivity contribution is -0.149. The number of ether oxygens (including phenoxy) is 1. The van der Waals surface area contributed by atoms with Gasteiger partial charge in [-0.2, -0.15) is 0 Å². The maximum atomic E-state index is 12.1. The molecule has 0 spiro atoms. The van der Waals surface area contributed by atoms with Gasteiger partial charge in [0.05, 0.1) is 12.5 Å². The van der Waals surface area contributed by atoms with Crippen LogP contribution in [0.4, 0.5) is 4.79 Å². The monoisotopic (exact) mass is 324 g/mol. The van der Waals surface area contributed by atoms with E-state index in [0.717, 1.165) is 5.56 Å². The number of rotatable bonds is 4. The van der Waals surface area contributed by atoms with Crippen molar-refractivity contribution in [3.8, 4) is 0 Å². The van der Waals surface area contributed by atoms with Crippen LogP contribution in [0.25, 0.3) is 0 Å². The van der Waals surface area contributed by atoms with Crippen LogP contribution in [0.15, 0.2) is 24.3 Å². The number of nitrogens with zero attached hydrogens (tertiary/aromatic N) is 1. The lowest BCUT2D eigenvalue weighted by Crippen LogP contribution is -2.45. The molecule has 1 fully saturated rings. The van der Waals surface area contributed by atoms with Gasteiger partial charge in [-0.15, -0.1) is 0 Å². The minimum absolute atomic E-state index is 0.0831. The molecule has 0 aliphatic carbocycles. The van der Waals surface area contributed by atoms with Crippen molar-refractivity contribution in [2.75, 3.05) is 19.7 Å². The molecule has 1 aromatic carbocycles. The maximum Gasteiger partial charge on any atom is 0.317 e. The fourth-order valence-electron chi connectivity index (χ4n) is 2.47. The molecule has 1 aromatic rings. The van der Waals surface area contributed by atoms with Gasteiger partial charge in [-0.05, 0) is 37.5 Å². The van der Waals surface area contributed by atoms with Gasteiger partial charge in [0.2, 0.25) is 0 Å². The van der Waals surface area contributed by atoms with Gasteiger partial charge in [-0.25, -0.2) is 4.79 Å². The average molecular weight is 325 g/mol. The number of esters is 1. The molecule has 1 aliphatic heterocycles. The van der Waals surface area contributed by atoms with Gasteiger partial charge in [-0.1, -0.05) is 23.7 Å². The lowest BCUT2D eigenvalue weighted by atomic mass is 9.97. The Labute approximate surface area is 135 Å². The lowest BCUT2D eigenvalue weighted by Gasteiger charge is -2.30. The Morgan fingerprint density at radius 1 is 1.27 bits per heavy atom. The summed E-state index contributed by atoms with van der Waals surface area (Å²) in [6, 6.07) is 7.27. The number of carbonyl (C=O) groups excluding carboxylic acids is 2. The predicted octanol–water partition coefficient (Wildman–Crippen LogP) is 2.82. The van der Waals surface area contributed by atoms with E-state index in [1.54, 1.807) is 24.0 Å². The van der Waals surface area contributed by atoms with Gasteiger partial charge in [0.1, 0.15) is 0 Å². The first-order valence-corrected chi connectivity index (χ1v) is 7.91. The summed E-state index contributed by atoms with van der Waals surface area (Å²) in [7, 11) is 0. The molecule has 2 amide bonds. The van der Waals surface area contributed by atoms with E-state index in [0.29, 0.717) is 44.1 Å². The van der Waals surface area contributed by atoms with Crippen LogP contribution >= 0.6 is 11.6 Å². The molecule has 0 saturated carbocycles. The summed E-state index contributed by atoms with van der Waals surface area (Å²) in [5.74, 6) is -0.232. The molecule has 6 heteroatoms. The summed E-state index contributed by atoms with van der Waals surface area (Å²) < 4.78 is 5.02. The molecule has 0 unspecified atom stereocenters. The van der Waals surface area contributed by atoms with E-state index in [1.165, 1.54) is 0 Å². The SMILES string of the molecule is CCOC(=O)C1CCN(C(=O)NCc2ccc(Cl)cc2)CC1. The Bertz CT molecular complexity index is 511. The first-order chi connectivity index (χ1) is 10.6. The quantitative estimate of drug-likeness (QED) is 0.866. The molecule has 1 N–H and O–H groups in total. The van der Waals surface area contributed by atoms with Crippen molar-refractivity contribution in [1.82, 2.24) is 10.2 Å². The number of nitrogens with one attached hydrogen (secondary N) is 1. The van der Waals surface area contributed by atoms with E-state index in [1.807, 2.05) is 12.1 Å². The molecule has 0 aromatic heterocycles. The van der Waals surface area contributed by atoms with Crippen LogP contribution < -0.4 is 5.32 Å². The molecular weight excluding hydrogens is 304 g/mol. The molecule has 2 rings (SSSR count).